The summed E-state index contributed by atoms with van der Waals surface area (Å²) in [6, 6.07) is 14.3. The van der Waals surface area contributed by atoms with E-state index in [1.54, 1.807) is 36.4 Å². The van der Waals surface area contributed by atoms with Gasteiger partial charge in [0.2, 0.25) is 5.82 Å². The molecule has 37 heavy (non-hydrogen) atoms. The first-order valence-electron chi connectivity index (χ1n) is 13.0. The van der Waals surface area contributed by atoms with Gasteiger partial charge in [-0.05, 0) is 35.7 Å². The average Bonchev–Trinajstić information content (AvgIpc) is 2.92. The van der Waals surface area contributed by atoms with Crippen LogP contribution in [-0.2, 0) is 9.47 Å². The van der Waals surface area contributed by atoms with Crippen LogP contribution >= 0.6 is 0 Å². The Bertz CT molecular complexity index is 1160. The number of hydrogen-bond donors (Lipinski definition) is 0. The molecule has 1 saturated heterocycles. The maximum absolute atomic E-state index is 15.0. The van der Waals surface area contributed by atoms with Gasteiger partial charge in [-0.2, -0.15) is 4.39 Å². The fraction of sp³-hybridized carbons (Fsp3) is 0.400. The van der Waals surface area contributed by atoms with E-state index in [-0.39, 0.29) is 17.8 Å². The van der Waals surface area contributed by atoms with Gasteiger partial charge < -0.3 is 14.2 Å². The summed E-state index contributed by atoms with van der Waals surface area (Å²) >= 11 is 0. The minimum absolute atomic E-state index is 0.0788. The molecule has 0 amide bonds. The molecule has 0 spiro atoms. The second kappa shape index (κ2) is 13.2. The first kappa shape index (κ1) is 27.3. The topological polar surface area (TPSA) is 27.7 Å². The Morgan fingerprint density at radius 2 is 1.46 bits per heavy atom. The molecule has 0 aromatic heterocycles. The number of hydrogen-bond acceptors (Lipinski definition) is 3. The minimum atomic E-state index is -1.10. The molecule has 0 unspecified atom stereocenters. The van der Waals surface area contributed by atoms with E-state index < -0.39 is 23.7 Å². The Kier molecular flexibility index (Phi) is 9.70. The molecule has 2 radical (unpaired) electrons. The van der Waals surface area contributed by atoms with E-state index >= 15 is 4.39 Å². The van der Waals surface area contributed by atoms with Crippen molar-refractivity contribution in [3.63, 3.8) is 0 Å². The Morgan fingerprint density at radius 1 is 0.811 bits per heavy atom. The number of rotatable bonds is 11. The second-order valence-corrected chi connectivity index (χ2v) is 9.43. The molecule has 3 nitrogen and oxygen atoms in total. The van der Waals surface area contributed by atoms with Crippen molar-refractivity contribution in [1.82, 2.24) is 0 Å². The van der Waals surface area contributed by atoms with Gasteiger partial charge in [-0.1, -0.05) is 75.4 Å². The molecule has 7 heteroatoms. The number of halogens is 3. The summed E-state index contributed by atoms with van der Waals surface area (Å²) in [5.41, 5.74) is 2.19. The molecule has 0 N–H and O–H groups in total. The maximum Gasteiger partial charge on any atom is 0.201 e. The summed E-state index contributed by atoms with van der Waals surface area (Å²) in [4.78, 5) is 0. The predicted molar refractivity (Wildman–Crippen MR) is 140 cm³/mol. The van der Waals surface area contributed by atoms with Gasteiger partial charge in [-0.3, -0.25) is 0 Å². The van der Waals surface area contributed by atoms with Gasteiger partial charge in [0.25, 0.3) is 0 Å². The fourth-order valence-electron chi connectivity index (χ4n) is 4.64. The van der Waals surface area contributed by atoms with Gasteiger partial charge in [0.05, 0.1) is 13.2 Å². The van der Waals surface area contributed by atoms with E-state index in [0.717, 1.165) is 6.42 Å². The molecule has 0 aliphatic carbocycles. The van der Waals surface area contributed by atoms with Crippen molar-refractivity contribution in [2.75, 3.05) is 19.7 Å². The molecule has 0 bridgehead atoms. The molecule has 1 fully saturated rings. The Hall–Kier alpha value is -2.77. The van der Waals surface area contributed by atoms with Crippen LogP contribution in [0.3, 0.4) is 0 Å². The first-order valence-corrected chi connectivity index (χ1v) is 13.0. The molecule has 1 heterocycles. The number of unbranched alkanes of at least 4 members (excludes halogenated alkanes) is 4. The van der Waals surface area contributed by atoms with Crippen LogP contribution in [0.4, 0.5) is 13.2 Å². The summed E-state index contributed by atoms with van der Waals surface area (Å²) in [6.45, 7) is 3.17. The largest absolute Gasteiger partial charge is 0.500 e. The van der Waals surface area contributed by atoms with Crippen LogP contribution in [0.5, 0.6) is 5.75 Å². The molecule has 3 aromatic carbocycles. The molecule has 1 aliphatic rings. The van der Waals surface area contributed by atoms with E-state index in [2.05, 4.69) is 6.92 Å². The Balaban J connectivity index is 1.38. The second-order valence-electron chi connectivity index (χ2n) is 9.43. The highest BCUT2D eigenvalue weighted by Crippen LogP contribution is 2.34. The Labute approximate surface area is 218 Å². The molecular weight excluding hydrogens is 476 g/mol. The van der Waals surface area contributed by atoms with Gasteiger partial charge in [0.15, 0.2) is 17.9 Å². The zero-order valence-electron chi connectivity index (χ0n) is 21.2. The van der Waals surface area contributed by atoms with E-state index in [0.29, 0.717) is 41.4 Å². The third-order valence-corrected chi connectivity index (χ3v) is 6.74. The molecule has 194 valence electrons. The SMILES string of the molecule is [B]COc1ccc(-c2ccc(-c3ccc(C4OCC(CCCCCCC)CO4)cc3F)cc2)c(F)c1F. The molecule has 4 rings (SSSR count). The molecular formula is C30H32BF3O3. The van der Waals surface area contributed by atoms with Crippen molar-refractivity contribution in [1.29, 1.82) is 0 Å². The average molecular weight is 508 g/mol. The van der Waals surface area contributed by atoms with Crippen molar-refractivity contribution in [2.45, 2.75) is 51.7 Å². The van der Waals surface area contributed by atoms with Crippen LogP contribution in [0.25, 0.3) is 22.3 Å². The lowest BCUT2D eigenvalue weighted by Crippen LogP contribution is -2.27. The highest BCUT2D eigenvalue weighted by atomic mass is 19.2. The highest BCUT2D eigenvalue weighted by Gasteiger charge is 2.24. The molecule has 0 saturated carbocycles. The lowest BCUT2D eigenvalue weighted by atomic mass is 9.98. The molecule has 1 aliphatic heterocycles. The lowest BCUT2D eigenvalue weighted by molar-refractivity contribution is -0.206. The van der Waals surface area contributed by atoms with Crippen molar-refractivity contribution in [2.24, 2.45) is 5.92 Å². The fourth-order valence-corrected chi connectivity index (χ4v) is 4.64. The van der Waals surface area contributed by atoms with E-state index in [1.165, 1.54) is 50.3 Å². The number of benzene rings is 3. The standard InChI is InChI=1S/C30H32BF3O3/c1-2-3-4-5-6-7-20-17-35-30(36-18-20)23-12-13-24(26(32)16-23)21-8-10-22(11-9-21)25-14-15-27(37-19-31)29(34)28(25)33/h8-16,20,30H,2-7,17-19H2,1H3. The summed E-state index contributed by atoms with van der Waals surface area (Å²) in [7, 11) is 5.24. The van der Waals surface area contributed by atoms with Crippen molar-refractivity contribution < 1.29 is 27.4 Å². The van der Waals surface area contributed by atoms with Crippen LogP contribution in [0.1, 0.15) is 57.3 Å². The Morgan fingerprint density at radius 3 is 2.11 bits per heavy atom. The zero-order chi connectivity index (χ0) is 26.2. The van der Waals surface area contributed by atoms with Gasteiger partial charge in [0, 0.05) is 29.1 Å². The lowest BCUT2D eigenvalue weighted by Gasteiger charge is -2.29. The number of ether oxygens (including phenoxy) is 3. The summed E-state index contributed by atoms with van der Waals surface area (Å²) < 4.78 is 60.5. The zero-order valence-corrected chi connectivity index (χ0v) is 21.2. The van der Waals surface area contributed by atoms with E-state index in [9.17, 15) is 8.78 Å². The highest BCUT2D eigenvalue weighted by molar-refractivity contribution is 6.08. The van der Waals surface area contributed by atoms with Crippen molar-refractivity contribution >= 4 is 7.85 Å². The summed E-state index contributed by atoms with van der Waals surface area (Å²) in [6.07, 6.45) is 6.72. The van der Waals surface area contributed by atoms with Crippen molar-refractivity contribution in [3.05, 3.63) is 77.6 Å². The summed E-state index contributed by atoms with van der Waals surface area (Å²) in [5, 5.41) is 0. The third-order valence-electron chi connectivity index (χ3n) is 6.74. The summed E-state index contributed by atoms with van der Waals surface area (Å²) in [5.74, 6) is -2.40. The minimum Gasteiger partial charge on any atom is -0.500 e. The van der Waals surface area contributed by atoms with E-state index in [1.807, 2.05) is 0 Å². The van der Waals surface area contributed by atoms with Crippen LogP contribution in [0.15, 0.2) is 54.6 Å². The van der Waals surface area contributed by atoms with Crippen molar-refractivity contribution in [3.8, 4) is 28.0 Å². The van der Waals surface area contributed by atoms with Gasteiger partial charge in [-0.25, -0.2) is 8.78 Å². The van der Waals surface area contributed by atoms with Gasteiger partial charge in [-0.15, -0.1) is 0 Å². The normalized spacial score (nSPS) is 17.6. The monoisotopic (exact) mass is 508 g/mol. The predicted octanol–water partition coefficient (Wildman–Crippen LogP) is 7.96. The van der Waals surface area contributed by atoms with E-state index in [4.69, 9.17) is 22.1 Å². The quantitative estimate of drug-likeness (QED) is 0.194. The molecule has 0 atom stereocenters. The van der Waals surface area contributed by atoms with Crippen LogP contribution in [0, 0.1) is 23.4 Å². The van der Waals surface area contributed by atoms with Gasteiger partial charge >= 0.3 is 0 Å². The molecule has 3 aromatic rings. The van der Waals surface area contributed by atoms with Crippen LogP contribution in [-0.4, -0.2) is 27.6 Å². The third kappa shape index (κ3) is 6.76. The van der Waals surface area contributed by atoms with Crippen LogP contribution in [0.2, 0.25) is 0 Å². The van der Waals surface area contributed by atoms with Gasteiger partial charge in [0.1, 0.15) is 13.7 Å². The smallest absolute Gasteiger partial charge is 0.201 e. The first-order chi connectivity index (χ1) is 18.0. The van der Waals surface area contributed by atoms with Crippen LogP contribution < -0.4 is 4.74 Å². The maximum atomic E-state index is 15.0.